The average Bonchev–Trinajstić information content (AvgIpc) is 2.76. The van der Waals surface area contributed by atoms with Gasteiger partial charge in [0.05, 0.1) is 0 Å². The molecule has 2 rings (SSSR count). The number of nitrogens with one attached hydrogen (secondary N) is 1. The van der Waals surface area contributed by atoms with Crippen molar-refractivity contribution < 1.29 is 9.59 Å². The Balaban J connectivity index is 2.02. The van der Waals surface area contributed by atoms with Crippen molar-refractivity contribution in [1.29, 1.82) is 0 Å². The molecular formula is C18H26N2O2. The van der Waals surface area contributed by atoms with Gasteiger partial charge in [-0.15, -0.1) is 0 Å². The summed E-state index contributed by atoms with van der Waals surface area (Å²) in [4.78, 5) is 26.3. The summed E-state index contributed by atoms with van der Waals surface area (Å²) in [5.74, 6) is -0.937. The van der Waals surface area contributed by atoms with Gasteiger partial charge < -0.3 is 10.2 Å². The van der Waals surface area contributed by atoms with Crippen molar-refractivity contribution in [2.45, 2.75) is 58.4 Å². The molecule has 0 bridgehead atoms. The Morgan fingerprint density at radius 1 is 1.18 bits per heavy atom. The van der Waals surface area contributed by atoms with E-state index in [1.54, 1.807) is 4.90 Å². The molecule has 0 heterocycles. The summed E-state index contributed by atoms with van der Waals surface area (Å²) >= 11 is 0. The first-order valence-corrected chi connectivity index (χ1v) is 8.31. The van der Waals surface area contributed by atoms with Crippen molar-refractivity contribution in [3.05, 3.63) is 29.8 Å². The molecular weight excluding hydrogens is 276 g/mol. The highest BCUT2D eigenvalue weighted by atomic mass is 16.2. The zero-order chi connectivity index (χ0) is 15.9. The Hall–Kier alpha value is -1.84. The van der Waals surface area contributed by atoms with Crippen molar-refractivity contribution in [1.82, 2.24) is 5.32 Å². The fourth-order valence-electron chi connectivity index (χ4n) is 3.03. The van der Waals surface area contributed by atoms with E-state index in [2.05, 4.69) is 5.32 Å². The molecule has 1 aromatic rings. The number of aryl methyl sites for hydroxylation is 1. The van der Waals surface area contributed by atoms with Crippen LogP contribution in [0.1, 0.15) is 51.0 Å². The average molecular weight is 302 g/mol. The van der Waals surface area contributed by atoms with Crippen LogP contribution in [0, 0.1) is 6.92 Å². The minimum absolute atomic E-state index is 0.148. The van der Waals surface area contributed by atoms with Crippen LogP contribution in [0.25, 0.3) is 0 Å². The monoisotopic (exact) mass is 302 g/mol. The normalized spacial score (nSPS) is 15.9. The molecule has 0 aliphatic heterocycles. The zero-order valence-corrected chi connectivity index (χ0v) is 13.6. The predicted octanol–water partition coefficient (Wildman–Crippen LogP) is 3.19. The number of carbonyl (C=O) groups excluding carboxylic acids is 2. The highest BCUT2D eigenvalue weighted by Gasteiger charge is 2.24. The number of likely N-dealkylation sites (N-methyl/N-ethyl adjacent to an activating group) is 1. The maximum atomic E-state index is 12.5. The Bertz CT molecular complexity index is 520. The Morgan fingerprint density at radius 3 is 2.45 bits per heavy atom. The van der Waals surface area contributed by atoms with Gasteiger partial charge in [0.15, 0.2) is 0 Å². The molecule has 0 unspecified atom stereocenters. The number of hydrogen-bond donors (Lipinski definition) is 1. The quantitative estimate of drug-likeness (QED) is 0.688. The van der Waals surface area contributed by atoms with Gasteiger partial charge in [0.1, 0.15) is 0 Å². The molecule has 4 heteroatoms. The van der Waals surface area contributed by atoms with Crippen LogP contribution in [0.2, 0.25) is 0 Å². The summed E-state index contributed by atoms with van der Waals surface area (Å²) in [7, 11) is 0. The standard InChI is InChI=1S/C18H26N2O2/c1-3-20(16-12-8-9-14(2)13-16)18(22)17(21)19-15-10-6-4-5-7-11-15/h8-9,12-13,15H,3-7,10-11H2,1-2H3,(H,19,21). The van der Waals surface area contributed by atoms with E-state index < -0.39 is 11.8 Å². The topological polar surface area (TPSA) is 49.4 Å². The van der Waals surface area contributed by atoms with E-state index >= 15 is 0 Å². The number of rotatable bonds is 3. The number of hydrogen-bond acceptors (Lipinski definition) is 2. The zero-order valence-electron chi connectivity index (χ0n) is 13.6. The third kappa shape index (κ3) is 4.33. The lowest BCUT2D eigenvalue weighted by Gasteiger charge is -2.23. The fourth-order valence-corrected chi connectivity index (χ4v) is 3.03. The molecule has 22 heavy (non-hydrogen) atoms. The minimum Gasteiger partial charge on any atom is -0.345 e. The van der Waals surface area contributed by atoms with Gasteiger partial charge in [0.25, 0.3) is 0 Å². The summed E-state index contributed by atoms with van der Waals surface area (Å²) in [5.41, 5.74) is 1.86. The van der Waals surface area contributed by atoms with Gasteiger partial charge in [-0.1, -0.05) is 37.8 Å². The molecule has 2 amide bonds. The van der Waals surface area contributed by atoms with Gasteiger partial charge in [-0.25, -0.2) is 0 Å². The smallest absolute Gasteiger partial charge is 0.316 e. The molecule has 120 valence electrons. The molecule has 0 aromatic heterocycles. The molecule has 0 radical (unpaired) electrons. The van der Waals surface area contributed by atoms with Crippen LogP contribution in [0.5, 0.6) is 0 Å². The van der Waals surface area contributed by atoms with E-state index in [-0.39, 0.29) is 6.04 Å². The lowest BCUT2D eigenvalue weighted by Crippen LogP contribution is -2.46. The van der Waals surface area contributed by atoms with Crippen LogP contribution in [-0.4, -0.2) is 24.4 Å². The van der Waals surface area contributed by atoms with Crippen LogP contribution in [-0.2, 0) is 9.59 Å². The molecule has 1 aromatic carbocycles. The molecule has 1 fully saturated rings. The Labute approximate surface area is 132 Å². The van der Waals surface area contributed by atoms with E-state index in [9.17, 15) is 9.59 Å². The van der Waals surface area contributed by atoms with E-state index in [0.29, 0.717) is 6.54 Å². The number of anilines is 1. The number of carbonyl (C=O) groups is 2. The molecule has 1 aliphatic carbocycles. The summed E-state index contributed by atoms with van der Waals surface area (Å²) < 4.78 is 0. The van der Waals surface area contributed by atoms with Gasteiger partial charge in [0.2, 0.25) is 0 Å². The highest BCUT2D eigenvalue weighted by Crippen LogP contribution is 2.18. The summed E-state index contributed by atoms with van der Waals surface area (Å²) in [6, 6.07) is 7.83. The van der Waals surface area contributed by atoms with E-state index in [1.807, 2.05) is 38.1 Å². The molecule has 0 spiro atoms. The lowest BCUT2D eigenvalue weighted by atomic mass is 10.1. The van der Waals surface area contributed by atoms with Crippen molar-refractivity contribution in [3.63, 3.8) is 0 Å². The van der Waals surface area contributed by atoms with Crippen molar-refractivity contribution in [3.8, 4) is 0 Å². The second-order valence-electron chi connectivity index (χ2n) is 6.05. The second-order valence-corrected chi connectivity index (χ2v) is 6.05. The summed E-state index contributed by atoms with van der Waals surface area (Å²) in [6.07, 6.45) is 6.68. The summed E-state index contributed by atoms with van der Waals surface area (Å²) in [6.45, 7) is 4.35. The SMILES string of the molecule is CCN(C(=O)C(=O)NC1CCCCCC1)c1cccc(C)c1. The second kappa shape index (κ2) is 7.97. The first-order valence-electron chi connectivity index (χ1n) is 8.31. The largest absolute Gasteiger partial charge is 0.345 e. The van der Waals surface area contributed by atoms with Gasteiger partial charge in [0, 0.05) is 18.3 Å². The van der Waals surface area contributed by atoms with Crippen molar-refractivity contribution in [2.75, 3.05) is 11.4 Å². The third-order valence-corrected chi connectivity index (χ3v) is 4.26. The molecule has 1 N–H and O–H groups in total. The van der Waals surface area contributed by atoms with Gasteiger partial charge in [-0.05, 0) is 44.4 Å². The number of nitrogens with zero attached hydrogens (tertiary/aromatic N) is 1. The summed E-state index contributed by atoms with van der Waals surface area (Å²) in [5, 5.41) is 2.93. The molecule has 4 nitrogen and oxygen atoms in total. The van der Waals surface area contributed by atoms with E-state index in [1.165, 1.54) is 12.8 Å². The van der Waals surface area contributed by atoms with Gasteiger partial charge in [-0.2, -0.15) is 0 Å². The molecule has 1 aliphatic rings. The van der Waals surface area contributed by atoms with Crippen LogP contribution in [0.3, 0.4) is 0 Å². The number of amides is 2. The van der Waals surface area contributed by atoms with Crippen molar-refractivity contribution >= 4 is 17.5 Å². The van der Waals surface area contributed by atoms with Gasteiger partial charge in [-0.3, -0.25) is 9.59 Å². The van der Waals surface area contributed by atoms with E-state index in [0.717, 1.165) is 36.9 Å². The first kappa shape index (κ1) is 16.5. The molecule has 1 saturated carbocycles. The lowest BCUT2D eigenvalue weighted by molar-refractivity contribution is -0.138. The van der Waals surface area contributed by atoms with Crippen LogP contribution in [0.4, 0.5) is 5.69 Å². The fraction of sp³-hybridized carbons (Fsp3) is 0.556. The van der Waals surface area contributed by atoms with Crippen LogP contribution in [0.15, 0.2) is 24.3 Å². The molecule has 0 saturated heterocycles. The van der Waals surface area contributed by atoms with Gasteiger partial charge >= 0.3 is 11.8 Å². The third-order valence-electron chi connectivity index (χ3n) is 4.26. The highest BCUT2D eigenvalue weighted by molar-refractivity contribution is 6.40. The first-order chi connectivity index (χ1) is 10.6. The predicted molar refractivity (Wildman–Crippen MR) is 88.8 cm³/mol. The maximum Gasteiger partial charge on any atom is 0.316 e. The van der Waals surface area contributed by atoms with Crippen LogP contribution < -0.4 is 10.2 Å². The number of benzene rings is 1. The Morgan fingerprint density at radius 2 is 1.86 bits per heavy atom. The Kier molecular flexibility index (Phi) is 5.99. The van der Waals surface area contributed by atoms with E-state index in [4.69, 9.17) is 0 Å². The van der Waals surface area contributed by atoms with Crippen LogP contribution >= 0.6 is 0 Å². The minimum atomic E-state index is -0.477. The molecule has 0 atom stereocenters. The maximum absolute atomic E-state index is 12.5. The van der Waals surface area contributed by atoms with Crippen molar-refractivity contribution in [2.24, 2.45) is 0 Å².